The van der Waals surface area contributed by atoms with Crippen LogP contribution in [0, 0.1) is 0 Å². The van der Waals surface area contributed by atoms with Crippen molar-refractivity contribution in [2.24, 2.45) is 4.99 Å². The van der Waals surface area contributed by atoms with Gasteiger partial charge in [0.1, 0.15) is 6.67 Å². The van der Waals surface area contributed by atoms with E-state index >= 15 is 0 Å². The van der Waals surface area contributed by atoms with Crippen molar-refractivity contribution in [3.05, 3.63) is 95.2 Å². The number of hydrogen-bond donors (Lipinski definition) is 1. The van der Waals surface area contributed by atoms with Crippen LogP contribution in [0.4, 0.5) is 5.69 Å². The quantitative estimate of drug-likeness (QED) is 0.513. The highest BCUT2D eigenvalue weighted by Gasteiger charge is 2.30. The van der Waals surface area contributed by atoms with Crippen LogP contribution in [0.5, 0.6) is 0 Å². The van der Waals surface area contributed by atoms with Crippen LogP contribution in [0.15, 0.2) is 77.8 Å². The molecule has 0 saturated heterocycles. The number of nitrogens with one attached hydrogen (secondary N) is 1. The van der Waals surface area contributed by atoms with E-state index < -0.39 is 0 Å². The first-order chi connectivity index (χ1) is 15.8. The maximum absolute atomic E-state index is 13.4. The average molecular weight is 419 g/mol. The molecule has 4 aromatic rings. The number of fused-ring (bicyclic) bond motifs is 3. The summed E-state index contributed by atoms with van der Waals surface area (Å²) in [6, 6.07) is 24.7. The summed E-state index contributed by atoms with van der Waals surface area (Å²) >= 11 is 0. The monoisotopic (exact) mass is 418 g/mol. The lowest BCUT2D eigenvalue weighted by atomic mass is 9.95. The number of amides is 1. The maximum Gasteiger partial charge on any atom is 0.255 e. The Morgan fingerprint density at radius 1 is 0.969 bits per heavy atom. The summed E-state index contributed by atoms with van der Waals surface area (Å²) in [5, 5.41) is 4.41. The topological polar surface area (TPSA) is 57.6 Å². The van der Waals surface area contributed by atoms with E-state index in [9.17, 15) is 4.79 Å². The number of rotatable bonds is 4. The number of pyridine rings is 1. The van der Waals surface area contributed by atoms with Gasteiger partial charge >= 0.3 is 0 Å². The number of benzene rings is 3. The number of carbonyl (C=O) groups excluding carboxylic acids is 1. The van der Waals surface area contributed by atoms with Crippen molar-refractivity contribution in [2.45, 2.75) is 13.0 Å². The molecule has 0 fully saturated rings. The van der Waals surface area contributed by atoms with E-state index in [1.807, 2.05) is 41.4 Å². The Hall–Kier alpha value is -3.99. The Morgan fingerprint density at radius 2 is 1.91 bits per heavy atom. The van der Waals surface area contributed by atoms with E-state index in [2.05, 4.69) is 52.8 Å². The predicted molar refractivity (Wildman–Crippen MR) is 128 cm³/mol. The number of aromatic nitrogens is 1. The standard InChI is InChI=1S/C27H22N4O/c32-27-26-20(5-3-6-23(26)19-9-11-24-21(14-19)15-28-17-29-24)16-31(27)13-12-22-10-8-18-4-1-2-7-25(18)30-22/h1-11,14-15,29H,12-13,16-17H2. The minimum atomic E-state index is 0.0981. The van der Waals surface area contributed by atoms with Gasteiger partial charge in [-0.3, -0.25) is 14.8 Å². The van der Waals surface area contributed by atoms with E-state index in [4.69, 9.17) is 4.98 Å². The first kappa shape index (κ1) is 18.8. The summed E-state index contributed by atoms with van der Waals surface area (Å²) in [5.74, 6) is 0.0981. The third-order valence-electron chi connectivity index (χ3n) is 6.26. The molecule has 0 radical (unpaired) electrons. The highest BCUT2D eigenvalue weighted by atomic mass is 16.2. The van der Waals surface area contributed by atoms with Gasteiger partial charge in [0.15, 0.2) is 0 Å². The fourth-order valence-corrected chi connectivity index (χ4v) is 4.61. The van der Waals surface area contributed by atoms with Crippen molar-refractivity contribution in [2.75, 3.05) is 18.5 Å². The normalized spacial score (nSPS) is 14.4. The van der Waals surface area contributed by atoms with Gasteiger partial charge in [-0.1, -0.05) is 48.5 Å². The van der Waals surface area contributed by atoms with Crippen LogP contribution < -0.4 is 5.32 Å². The number of nitrogens with zero attached hydrogens (tertiary/aromatic N) is 3. The molecule has 3 heterocycles. The molecule has 2 aliphatic heterocycles. The SMILES string of the molecule is O=C1c2c(cccc2-c2ccc3c(c2)C=NCN3)CN1CCc1ccc2ccccc2n1. The minimum Gasteiger partial charge on any atom is -0.366 e. The van der Waals surface area contributed by atoms with Crippen molar-refractivity contribution >= 4 is 28.7 Å². The third-order valence-corrected chi connectivity index (χ3v) is 6.26. The summed E-state index contributed by atoms with van der Waals surface area (Å²) in [4.78, 5) is 24.4. The molecule has 0 unspecified atom stereocenters. The molecule has 3 aromatic carbocycles. The molecule has 0 aliphatic carbocycles. The number of aliphatic imine (C=N–C) groups is 1. The smallest absolute Gasteiger partial charge is 0.255 e. The van der Waals surface area contributed by atoms with Gasteiger partial charge in [-0.05, 0) is 41.0 Å². The van der Waals surface area contributed by atoms with Gasteiger partial charge in [-0.2, -0.15) is 0 Å². The van der Waals surface area contributed by atoms with E-state index in [0.29, 0.717) is 19.8 Å². The zero-order valence-electron chi connectivity index (χ0n) is 17.6. The zero-order valence-corrected chi connectivity index (χ0v) is 17.6. The van der Waals surface area contributed by atoms with Gasteiger partial charge in [-0.25, -0.2) is 0 Å². The van der Waals surface area contributed by atoms with Crippen LogP contribution >= 0.6 is 0 Å². The fraction of sp³-hybridized carbons (Fsp3) is 0.148. The van der Waals surface area contributed by atoms with Gasteiger partial charge in [0.25, 0.3) is 5.91 Å². The molecule has 32 heavy (non-hydrogen) atoms. The molecule has 6 rings (SSSR count). The molecule has 0 bridgehead atoms. The van der Waals surface area contributed by atoms with Crippen molar-refractivity contribution in [3.63, 3.8) is 0 Å². The summed E-state index contributed by atoms with van der Waals surface area (Å²) in [6.07, 6.45) is 2.63. The highest BCUT2D eigenvalue weighted by molar-refractivity contribution is 6.05. The average Bonchev–Trinajstić information content (AvgIpc) is 3.18. The van der Waals surface area contributed by atoms with E-state index in [1.165, 1.54) is 0 Å². The van der Waals surface area contributed by atoms with Crippen LogP contribution in [0.2, 0.25) is 0 Å². The lowest BCUT2D eigenvalue weighted by molar-refractivity contribution is 0.0780. The zero-order chi connectivity index (χ0) is 21.5. The Balaban J connectivity index is 1.26. The Labute approximate surface area is 186 Å². The summed E-state index contributed by atoms with van der Waals surface area (Å²) in [7, 11) is 0. The second kappa shape index (κ2) is 7.61. The molecule has 0 spiro atoms. The molecule has 156 valence electrons. The molecule has 2 aliphatic rings. The van der Waals surface area contributed by atoms with E-state index in [-0.39, 0.29) is 5.91 Å². The van der Waals surface area contributed by atoms with Crippen LogP contribution in [-0.2, 0) is 13.0 Å². The van der Waals surface area contributed by atoms with E-state index in [1.54, 1.807) is 0 Å². The second-order valence-electron chi connectivity index (χ2n) is 8.26. The molecular weight excluding hydrogens is 396 g/mol. The number of carbonyl (C=O) groups is 1. The van der Waals surface area contributed by atoms with Crippen LogP contribution in [0.3, 0.4) is 0 Å². The second-order valence-corrected chi connectivity index (χ2v) is 8.26. The molecule has 5 nitrogen and oxygen atoms in total. The number of anilines is 1. The van der Waals surface area contributed by atoms with Crippen LogP contribution in [-0.4, -0.2) is 35.2 Å². The minimum absolute atomic E-state index is 0.0981. The number of hydrogen-bond acceptors (Lipinski definition) is 4. The molecular formula is C27H22N4O. The lowest BCUT2D eigenvalue weighted by Gasteiger charge is -2.16. The Morgan fingerprint density at radius 3 is 2.88 bits per heavy atom. The molecule has 0 saturated carbocycles. The van der Waals surface area contributed by atoms with Crippen molar-refractivity contribution in [1.82, 2.24) is 9.88 Å². The molecule has 0 atom stereocenters. The van der Waals surface area contributed by atoms with Gasteiger partial charge in [0.05, 0.1) is 11.1 Å². The molecule has 1 N–H and O–H groups in total. The first-order valence-corrected chi connectivity index (χ1v) is 10.9. The Kier molecular flexibility index (Phi) is 4.46. The third kappa shape index (κ3) is 3.23. The number of para-hydroxylation sites is 1. The maximum atomic E-state index is 13.4. The van der Waals surface area contributed by atoms with Gasteiger partial charge in [0.2, 0.25) is 0 Å². The highest BCUT2D eigenvalue weighted by Crippen LogP contribution is 2.34. The molecule has 1 amide bonds. The summed E-state index contributed by atoms with van der Waals surface area (Å²) in [6.45, 7) is 1.90. The summed E-state index contributed by atoms with van der Waals surface area (Å²) in [5.41, 5.74) is 8.07. The summed E-state index contributed by atoms with van der Waals surface area (Å²) < 4.78 is 0. The van der Waals surface area contributed by atoms with E-state index in [0.717, 1.165) is 56.5 Å². The van der Waals surface area contributed by atoms with Crippen molar-refractivity contribution < 1.29 is 4.79 Å². The lowest BCUT2D eigenvalue weighted by Crippen LogP contribution is -2.26. The van der Waals surface area contributed by atoms with Crippen molar-refractivity contribution in [1.29, 1.82) is 0 Å². The van der Waals surface area contributed by atoms with Crippen LogP contribution in [0.1, 0.15) is 27.2 Å². The van der Waals surface area contributed by atoms with Crippen LogP contribution in [0.25, 0.3) is 22.0 Å². The first-order valence-electron chi connectivity index (χ1n) is 10.9. The van der Waals surface area contributed by atoms with Gasteiger partial charge in [0, 0.05) is 48.1 Å². The van der Waals surface area contributed by atoms with Gasteiger partial charge < -0.3 is 10.2 Å². The molecule has 1 aromatic heterocycles. The largest absolute Gasteiger partial charge is 0.366 e. The van der Waals surface area contributed by atoms with Gasteiger partial charge in [-0.15, -0.1) is 0 Å². The Bertz CT molecular complexity index is 1390. The fourth-order valence-electron chi connectivity index (χ4n) is 4.61. The molecule has 5 heteroatoms. The predicted octanol–water partition coefficient (Wildman–Crippen LogP) is 4.90. The van der Waals surface area contributed by atoms with Crippen molar-refractivity contribution in [3.8, 4) is 11.1 Å².